The SMILES string of the molecule is CCCCC/C=C/C/C=C/C/C=C/C/C=C/CCCCCC(=O)OC[C@H](COP(=O)(O)OCC[N+](C)(C)C)OC(=O)CCC/C=C/C/C=C/CCCCCCCCCCC. The number of carbonyl (C=O) groups excluding carboxylic acids is 2. The molecule has 0 aromatic carbocycles. The number of ether oxygens (including phenoxy) is 2. The van der Waals surface area contributed by atoms with Gasteiger partial charge < -0.3 is 18.9 Å². The molecule has 1 N–H and O–H groups in total. The molecule has 0 aromatic rings. The number of unbranched alkanes of at least 4 members (excludes halogenated alkanes) is 16. The minimum absolute atomic E-state index is 0.0156. The van der Waals surface area contributed by atoms with Crippen molar-refractivity contribution in [2.75, 3.05) is 47.5 Å². The van der Waals surface area contributed by atoms with Crippen LogP contribution in [0.3, 0.4) is 0 Å². The molecule has 0 spiro atoms. The van der Waals surface area contributed by atoms with Gasteiger partial charge in [-0.1, -0.05) is 157 Å². The molecule has 10 heteroatoms. The predicted octanol–water partition coefficient (Wildman–Crippen LogP) is 13.8. The number of carbonyl (C=O) groups is 2. The number of rotatable bonds is 42. The van der Waals surface area contributed by atoms with E-state index in [2.05, 4.69) is 86.8 Å². The number of allylic oxidation sites excluding steroid dienone is 12. The molecule has 0 rings (SSSR count). The molecule has 0 aromatic heterocycles. The number of hydrogen-bond donors (Lipinski definition) is 1. The van der Waals surface area contributed by atoms with Crippen LogP contribution in [0.4, 0.5) is 0 Å². The minimum atomic E-state index is -4.40. The van der Waals surface area contributed by atoms with Gasteiger partial charge in [-0.15, -0.1) is 0 Å². The van der Waals surface area contributed by atoms with Gasteiger partial charge in [0.2, 0.25) is 0 Å². The first-order valence-corrected chi connectivity index (χ1v) is 25.2. The van der Waals surface area contributed by atoms with Crippen molar-refractivity contribution in [1.82, 2.24) is 0 Å². The van der Waals surface area contributed by atoms with Crippen molar-refractivity contribution in [2.24, 2.45) is 0 Å². The standard InChI is InChI=1S/C50H88NO8P/c1-6-8-10-12-14-16-18-20-22-24-25-27-28-30-32-34-36-38-40-42-49(52)56-46-48(47-58-60(54,55)57-45-44-51(3,4)5)59-50(53)43-41-39-37-35-33-31-29-26-23-21-19-17-15-13-11-9-7-2/h14,16,20,22,25,27,29-32,35,37,48H,6-13,15,17-19,21,23-24,26,28,33-34,36,38-47H2,1-5H3/p+1/b16-14+,22-20+,27-25+,31-29+,32-30+,37-35+/t48-/m1/s1. The van der Waals surface area contributed by atoms with Crippen LogP contribution in [0.25, 0.3) is 0 Å². The molecule has 60 heavy (non-hydrogen) atoms. The van der Waals surface area contributed by atoms with Gasteiger partial charge in [-0.2, -0.15) is 0 Å². The second-order valence-corrected chi connectivity index (χ2v) is 18.2. The molecule has 9 nitrogen and oxygen atoms in total. The maximum Gasteiger partial charge on any atom is 0.472 e. The largest absolute Gasteiger partial charge is 0.472 e. The van der Waals surface area contributed by atoms with Crippen molar-refractivity contribution in [3.63, 3.8) is 0 Å². The molecule has 0 heterocycles. The number of nitrogens with zero attached hydrogens (tertiary/aromatic N) is 1. The zero-order valence-electron chi connectivity index (χ0n) is 38.9. The predicted molar refractivity (Wildman–Crippen MR) is 252 cm³/mol. The minimum Gasteiger partial charge on any atom is -0.462 e. The molecule has 0 amide bonds. The van der Waals surface area contributed by atoms with Crippen molar-refractivity contribution >= 4 is 19.8 Å². The first-order chi connectivity index (χ1) is 29.0. The van der Waals surface area contributed by atoms with E-state index in [1.165, 1.54) is 83.5 Å². The van der Waals surface area contributed by atoms with Crippen LogP contribution < -0.4 is 0 Å². The van der Waals surface area contributed by atoms with E-state index in [1.54, 1.807) is 0 Å². The summed E-state index contributed by atoms with van der Waals surface area (Å²) in [6.07, 6.45) is 52.5. The number of esters is 2. The molecule has 0 radical (unpaired) electrons. The summed E-state index contributed by atoms with van der Waals surface area (Å²) in [5.74, 6) is -0.892. The Morgan fingerprint density at radius 3 is 1.42 bits per heavy atom. The summed E-state index contributed by atoms with van der Waals surface area (Å²) in [5.41, 5.74) is 0. The molecule has 0 aliphatic heterocycles. The topological polar surface area (TPSA) is 108 Å². The molecular formula is C50H89NO8P+. The average molecular weight is 863 g/mol. The first kappa shape index (κ1) is 57.4. The fourth-order valence-electron chi connectivity index (χ4n) is 5.98. The second kappa shape index (κ2) is 41.8. The number of phosphoric acid groups is 1. The zero-order valence-corrected chi connectivity index (χ0v) is 39.8. The van der Waals surface area contributed by atoms with Crippen LogP contribution in [0.5, 0.6) is 0 Å². The molecule has 0 aliphatic carbocycles. The van der Waals surface area contributed by atoms with Gasteiger partial charge in [0, 0.05) is 12.8 Å². The van der Waals surface area contributed by atoms with Crippen LogP contribution in [0, 0.1) is 0 Å². The molecular weight excluding hydrogens is 774 g/mol. The zero-order chi connectivity index (χ0) is 44.3. The number of quaternary nitrogens is 1. The lowest BCUT2D eigenvalue weighted by Gasteiger charge is -2.24. The first-order valence-electron chi connectivity index (χ1n) is 23.7. The highest BCUT2D eigenvalue weighted by Gasteiger charge is 2.27. The lowest BCUT2D eigenvalue weighted by atomic mass is 10.1. The van der Waals surface area contributed by atoms with Crippen LogP contribution >= 0.6 is 7.82 Å². The van der Waals surface area contributed by atoms with Gasteiger partial charge in [-0.05, 0) is 83.5 Å². The Balaban J connectivity index is 4.45. The van der Waals surface area contributed by atoms with Gasteiger partial charge in [0.25, 0.3) is 0 Å². The summed E-state index contributed by atoms with van der Waals surface area (Å²) in [7, 11) is 1.42. The van der Waals surface area contributed by atoms with Crippen molar-refractivity contribution < 1.29 is 42.1 Å². The smallest absolute Gasteiger partial charge is 0.462 e. The summed E-state index contributed by atoms with van der Waals surface area (Å²) >= 11 is 0. The van der Waals surface area contributed by atoms with Gasteiger partial charge in [0.05, 0.1) is 27.7 Å². The molecule has 0 saturated heterocycles. The lowest BCUT2D eigenvalue weighted by Crippen LogP contribution is -2.37. The van der Waals surface area contributed by atoms with Crippen LogP contribution in [0.2, 0.25) is 0 Å². The maximum atomic E-state index is 12.7. The summed E-state index contributed by atoms with van der Waals surface area (Å²) in [4.78, 5) is 35.4. The van der Waals surface area contributed by atoms with Crippen molar-refractivity contribution in [3.05, 3.63) is 72.9 Å². The van der Waals surface area contributed by atoms with Gasteiger partial charge in [0.1, 0.15) is 19.8 Å². The summed E-state index contributed by atoms with van der Waals surface area (Å²) in [6, 6.07) is 0. The van der Waals surface area contributed by atoms with Crippen molar-refractivity contribution in [3.8, 4) is 0 Å². The Hall–Kier alpha value is -2.55. The van der Waals surface area contributed by atoms with E-state index in [0.717, 1.165) is 57.8 Å². The molecule has 2 atom stereocenters. The fraction of sp³-hybridized carbons (Fsp3) is 0.720. The molecule has 0 aliphatic rings. The third kappa shape index (κ3) is 45.0. The Morgan fingerprint density at radius 1 is 0.517 bits per heavy atom. The third-order valence-electron chi connectivity index (χ3n) is 9.71. The van der Waals surface area contributed by atoms with Gasteiger partial charge >= 0.3 is 19.8 Å². The summed E-state index contributed by atoms with van der Waals surface area (Å²) < 4.78 is 34.3. The Kier molecular flexibility index (Phi) is 40.0. The second-order valence-electron chi connectivity index (χ2n) is 16.8. The molecule has 1 unspecified atom stereocenters. The Labute approximate surface area is 368 Å². The van der Waals surface area contributed by atoms with Gasteiger partial charge in [-0.25, -0.2) is 4.57 Å². The van der Waals surface area contributed by atoms with E-state index < -0.39 is 32.5 Å². The van der Waals surface area contributed by atoms with E-state index in [4.69, 9.17) is 18.5 Å². The van der Waals surface area contributed by atoms with Crippen LogP contribution in [-0.2, 0) is 32.7 Å². The van der Waals surface area contributed by atoms with E-state index in [-0.39, 0.29) is 26.1 Å². The van der Waals surface area contributed by atoms with Crippen molar-refractivity contribution in [1.29, 1.82) is 0 Å². The molecule has 346 valence electrons. The van der Waals surface area contributed by atoms with Crippen LogP contribution in [0.15, 0.2) is 72.9 Å². The highest BCUT2D eigenvalue weighted by Crippen LogP contribution is 2.43. The Morgan fingerprint density at radius 2 is 0.917 bits per heavy atom. The highest BCUT2D eigenvalue weighted by molar-refractivity contribution is 7.47. The Bertz CT molecular complexity index is 1250. The van der Waals surface area contributed by atoms with Crippen LogP contribution in [-0.4, -0.2) is 74.9 Å². The average Bonchev–Trinajstić information content (AvgIpc) is 3.20. The number of hydrogen-bond acceptors (Lipinski definition) is 7. The normalized spacial score (nSPS) is 14.2. The van der Waals surface area contributed by atoms with E-state index in [1.807, 2.05) is 21.1 Å². The monoisotopic (exact) mass is 863 g/mol. The molecule has 0 saturated carbocycles. The van der Waals surface area contributed by atoms with E-state index in [9.17, 15) is 19.0 Å². The van der Waals surface area contributed by atoms with E-state index >= 15 is 0 Å². The highest BCUT2D eigenvalue weighted by atomic mass is 31.2. The van der Waals surface area contributed by atoms with E-state index in [0.29, 0.717) is 23.9 Å². The summed E-state index contributed by atoms with van der Waals surface area (Å²) in [5, 5.41) is 0. The van der Waals surface area contributed by atoms with Crippen molar-refractivity contribution in [2.45, 2.75) is 187 Å². The lowest BCUT2D eigenvalue weighted by molar-refractivity contribution is -0.870. The van der Waals surface area contributed by atoms with Crippen LogP contribution in [0.1, 0.15) is 181 Å². The fourth-order valence-corrected chi connectivity index (χ4v) is 6.72. The maximum absolute atomic E-state index is 12.7. The molecule has 0 bridgehead atoms. The molecule has 0 fully saturated rings. The third-order valence-corrected chi connectivity index (χ3v) is 10.7. The van der Waals surface area contributed by atoms with Gasteiger partial charge in [0.15, 0.2) is 6.10 Å². The quantitative estimate of drug-likeness (QED) is 0.0212. The number of phosphoric ester groups is 1. The van der Waals surface area contributed by atoms with Gasteiger partial charge in [-0.3, -0.25) is 18.6 Å². The number of likely N-dealkylation sites (N-methyl/N-ethyl adjacent to an activating group) is 1. The summed E-state index contributed by atoms with van der Waals surface area (Å²) in [6.45, 7) is 4.30.